The van der Waals surface area contributed by atoms with Gasteiger partial charge in [-0.2, -0.15) is 17.2 Å². The van der Waals surface area contributed by atoms with Crippen molar-refractivity contribution in [1.82, 2.24) is 0 Å². The summed E-state index contributed by atoms with van der Waals surface area (Å²) >= 11 is 0. The largest absolute Gasteiger partial charge is 0.523 e. The third-order valence-corrected chi connectivity index (χ3v) is 1.62. The summed E-state index contributed by atoms with van der Waals surface area (Å²) in [6, 6.07) is 6.93. The number of ether oxygens (including phenoxy) is 1. The maximum Gasteiger partial charge on any atom is 0.0743 e. The molecular formula is C9H11OY-. The molecule has 1 rings (SSSR count). The van der Waals surface area contributed by atoms with Crippen molar-refractivity contribution >= 4 is 0 Å². The zero-order valence-corrected chi connectivity index (χ0v) is 9.98. The van der Waals surface area contributed by atoms with Crippen LogP contribution in [0.25, 0.3) is 0 Å². The molecule has 0 N–H and O–H groups in total. The number of hydrogen-bond donors (Lipinski definition) is 0. The Morgan fingerprint density at radius 3 is 2.36 bits per heavy atom. The van der Waals surface area contributed by atoms with E-state index in [0.29, 0.717) is 0 Å². The van der Waals surface area contributed by atoms with Gasteiger partial charge >= 0.3 is 0 Å². The number of hydrogen-bond acceptors (Lipinski definition) is 1. The van der Waals surface area contributed by atoms with E-state index >= 15 is 0 Å². The van der Waals surface area contributed by atoms with Gasteiger partial charge in [0, 0.05) is 38.5 Å². The molecule has 0 aliphatic rings. The summed E-state index contributed by atoms with van der Waals surface area (Å²) in [5.74, 6) is 0.808. The smallest absolute Gasteiger partial charge is 0.0743 e. The fraction of sp³-hybridized carbons (Fsp3) is 0.333. The van der Waals surface area contributed by atoms with Gasteiger partial charge in [0.2, 0.25) is 0 Å². The van der Waals surface area contributed by atoms with Crippen LogP contribution in [0.5, 0.6) is 5.75 Å². The molecule has 0 heterocycles. The van der Waals surface area contributed by atoms with Crippen LogP contribution < -0.4 is 4.74 Å². The Morgan fingerprint density at radius 2 is 1.91 bits per heavy atom. The average Bonchev–Trinajstić information content (AvgIpc) is 1.95. The fourth-order valence-corrected chi connectivity index (χ4v) is 0.763. The second kappa shape index (κ2) is 4.89. The zero-order valence-electron chi connectivity index (χ0n) is 7.14. The molecule has 1 radical (unpaired) electrons. The maximum atomic E-state index is 4.99. The van der Waals surface area contributed by atoms with Crippen LogP contribution in [0.15, 0.2) is 12.1 Å². The molecule has 0 amide bonds. The van der Waals surface area contributed by atoms with Gasteiger partial charge in [0.05, 0.1) is 7.11 Å². The normalized spacial score (nSPS) is 8.64. The van der Waals surface area contributed by atoms with E-state index in [4.69, 9.17) is 4.74 Å². The molecule has 1 aromatic carbocycles. The van der Waals surface area contributed by atoms with Crippen LogP contribution in [-0.2, 0) is 32.7 Å². The van der Waals surface area contributed by atoms with E-state index in [1.165, 1.54) is 11.1 Å². The van der Waals surface area contributed by atoms with Crippen molar-refractivity contribution < 1.29 is 37.4 Å². The molecule has 0 unspecified atom stereocenters. The summed E-state index contributed by atoms with van der Waals surface area (Å²) in [7, 11) is 1.65. The molecule has 1 nitrogen and oxygen atoms in total. The predicted molar refractivity (Wildman–Crippen MR) is 41.3 cm³/mol. The van der Waals surface area contributed by atoms with Gasteiger partial charge in [-0.3, -0.25) is 0 Å². The first-order chi connectivity index (χ1) is 4.74. The molecule has 0 aliphatic carbocycles. The molecule has 0 atom stereocenters. The monoisotopic (exact) mass is 224 g/mol. The van der Waals surface area contributed by atoms with Crippen molar-refractivity contribution in [3.63, 3.8) is 0 Å². The zero-order chi connectivity index (χ0) is 7.56. The van der Waals surface area contributed by atoms with Crippen molar-refractivity contribution in [3.8, 4) is 5.75 Å². The van der Waals surface area contributed by atoms with Crippen molar-refractivity contribution in [2.24, 2.45) is 0 Å². The van der Waals surface area contributed by atoms with Crippen LogP contribution in [0, 0.1) is 19.9 Å². The molecule has 0 aromatic heterocycles. The SMILES string of the molecule is COc1[c-]cc(C)c(C)c1.[Y]. The first-order valence-corrected chi connectivity index (χ1v) is 3.27. The van der Waals surface area contributed by atoms with Gasteiger partial charge in [0.15, 0.2) is 0 Å². The van der Waals surface area contributed by atoms with Crippen molar-refractivity contribution in [2.45, 2.75) is 13.8 Å². The summed E-state index contributed by atoms with van der Waals surface area (Å²) < 4.78 is 4.99. The Bertz CT molecular complexity index is 233. The molecule has 1 aromatic rings. The van der Waals surface area contributed by atoms with Crippen molar-refractivity contribution in [2.75, 3.05) is 7.11 Å². The summed E-state index contributed by atoms with van der Waals surface area (Å²) in [6.07, 6.45) is 0. The molecule has 0 saturated carbocycles. The Balaban J connectivity index is 0.000001000. The topological polar surface area (TPSA) is 9.23 Å². The molecule has 0 saturated heterocycles. The van der Waals surface area contributed by atoms with E-state index in [9.17, 15) is 0 Å². The Morgan fingerprint density at radius 1 is 1.27 bits per heavy atom. The van der Waals surface area contributed by atoms with Gasteiger partial charge in [0.25, 0.3) is 0 Å². The van der Waals surface area contributed by atoms with E-state index in [-0.39, 0.29) is 32.7 Å². The molecule has 0 bridgehead atoms. The summed E-state index contributed by atoms with van der Waals surface area (Å²) in [5.41, 5.74) is 2.50. The predicted octanol–water partition coefficient (Wildman–Crippen LogP) is 2.11. The second-order valence-corrected chi connectivity index (χ2v) is 2.37. The van der Waals surface area contributed by atoms with Crippen LogP contribution in [0.3, 0.4) is 0 Å². The molecule has 2 heteroatoms. The third kappa shape index (κ3) is 2.92. The second-order valence-electron chi connectivity index (χ2n) is 2.37. The molecule has 0 fully saturated rings. The first kappa shape index (κ1) is 11.1. The summed E-state index contributed by atoms with van der Waals surface area (Å²) in [6.45, 7) is 4.12. The number of benzene rings is 1. The minimum atomic E-state index is 0. The van der Waals surface area contributed by atoms with E-state index in [2.05, 4.69) is 19.9 Å². The van der Waals surface area contributed by atoms with E-state index in [1.807, 2.05) is 12.1 Å². The molecule has 11 heavy (non-hydrogen) atoms. The fourth-order valence-electron chi connectivity index (χ4n) is 0.763. The Hall–Kier alpha value is 0.124. The molecular weight excluding hydrogens is 213 g/mol. The molecule has 0 spiro atoms. The Kier molecular flexibility index (Phi) is 4.95. The van der Waals surface area contributed by atoms with Gasteiger partial charge < -0.3 is 4.74 Å². The first-order valence-electron chi connectivity index (χ1n) is 3.27. The van der Waals surface area contributed by atoms with E-state index in [0.717, 1.165) is 5.75 Å². The van der Waals surface area contributed by atoms with Crippen molar-refractivity contribution in [3.05, 3.63) is 29.3 Å². The van der Waals surface area contributed by atoms with Crippen LogP contribution >= 0.6 is 0 Å². The standard InChI is InChI=1S/C9H11O.Y/c1-7-4-5-9(10-3)6-8(7)2;/h4,6H,1-3H3;/q-1;. The van der Waals surface area contributed by atoms with Crippen LogP contribution in [-0.4, -0.2) is 7.11 Å². The third-order valence-electron chi connectivity index (χ3n) is 1.62. The van der Waals surface area contributed by atoms with Gasteiger partial charge in [0.1, 0.15) is 0 Å². The molecule has 57 valence electrons. The van der Waals surface area contributed by atoms with Gasteiger partial charge in [-0.25, -0.2) is 0 Å². The number of aryl methyl sites for hydroxylation is 2. The number of methoxy groups -OCH3 is 1. The quantitative estimate of drug-likeness (QED) is 0.664. The summed E-state index contributed by atoms with van der Waals surface area (Å²) in [4.78, 5) is 0. The van der Waals surface area contributed by atoms with E-state index < -0.39 is 0 Å². The van der Waals surface area contributed by atoms with Crippen LogP contribution in [0.4, 0.5) is 0 Å². The molecule has 0 aliphatic heterocycles. The minimum absolute atomic E-state index is 0. The Labute approximate surface area is 93.0 Å². The average molecular weight is 224 g/mol. The minimum Gasteiger partial charge on any atom is -0.523 e. The van der Waals surface area contributed by atoms with Crippen LogP contribution in [0.1, 0.15) is 11.1 Å². The number of rotatable bonds is 1. The maximum absolute atomic E-state index is 4.99. The van der Waals surface area contributed by atoms with Gasteiger partial charge in [-0.15, -0.1) is 12.1 Å². The van der Waals surface area contributed by atoms with Gasteiger partial charge in [-0.05, 0) is 0 Å². The van der Waals surface area contributed by atoms with E-state index in [1.54, 1.807) is 7.11 Å². The van der Waals surface area contributed by atoms with Crippen molar-refractivity contribution in [1.29, 1.82) is 0 Å². The summed E-state index contributed by atoms with van der Waals surface area (Å²) in [5, 5.41) is 0. The van der Waals surface area contributed by atoms with Crippen LogP contribution in [0.2, 0.25) is 0 Å². The van der Waals surface area contributed by atoms with Gasteiger partial charge in [-0.1, -0.05) is 13.8 Å².